The lowest BCUT2D eigenvalue weighted by Gasteiger charge is -2.05. The Morgan fingerprint density at radius 1 is 1.58 bits per heavy atom. The van der Waals surface area contributed by atoms with Crippen LogP contribution in [0.4, 0.5) is 0 Å². The molecule has 1 heterocycles. The lowest BCUT2D eigenvalue weighted by atomic mass is 10.2. The second-order valence-electron chi connectivity index (χ2n) is 4.21. The number of hydrogen-bond donors (Lipinski definition) is 2. The summed E-state index contributed by atoms with van der Waals surface area (Å²) in [5.41, 5.74) is 2.15. The quantitative estimate of drug-likeness (QED) is 0.838. The van der Waals surface area contributed by atoms with Gasteiger partial charge < -0.3 is 14.9 Å². The summed E-state index contributed by atoms with van der Waals surface area (Å²) >= 11 is 5.21. The number of nitriles is 1. The lowest BCUT2D eigenvalue weighted by Crippen LogP contribution is -2.28. The van der Waals surface area contributed by atoms with Gasteiger partial charge in [-0.15, -0.1) is 0 Å². The molecule has 2 aromatic rings. The molecule has 0 spiro atoms. The summed E-state index contributed by atoms with van der Waals surface area (Å²) in [7, 11) is 0. The topological polar surface area (TPSA) is 73.6 Å². The van der Waals surface area contributed by atoms with Gasteiger partial charge in [-0.3, -0.25) is 4.79 Å². The van der Waals surface area contributed by atoms with Crippen LogP contribution in [0.2, 0.25) is 0 Å². The predicted molar refractivity (Wildman–Crippen MR) is 75.1 cm³/mol. The van der Waals surface area contributed by atoms with Crippen molar-refractivity contribution >= 4 is 29.2 Å². The first-order valence-corrected chi connectivity index (χ1v) is 6.46. The van der Waals surface area contributed by atoms with Crippen molar-refractivity contribution < 1.29 is 4.79 Å². The van der Waals surface area contributed by atoms with Crippen molar-refractivity contribution in [2.24, 2.45) is 0 Å². The number of carbonyl (C=O) groups excluding carboxylic acids is 1. The number of aromatic nitrogens is 2. The van der Waals surface area contributed by atoms with Crippen molar-refractivity contribution in [1.82, 2.24) is 14.9 Å². The molecule has 0 radical (unpaired) electrons. The van der Waals surface area contributed by atoms with E-state index in [0.29, 0.717) is 16.9 Å². The number of H-pyrrole nitrogens is 1. The Labute approximate surface area is 115 Å². The molecule has 1 amide bonds. The molecule has 1 aromatic heterocycles. The minimum atomic E-state index is -0.0822. The van der Waals surface area contributed by atoms with E-state index in [2.05, 4.69) is 16.4 Å². The molecule has 0 saturated heterocycles. The molecule has 98 valence electrons. The van der Waals surface area contributed by atoms with E-state index in [1.165, 1.54) is 0 Å². The fourth-order valence-electron chi connectivity index (χ4n) is 1.84. The Balaban J connectivity index is 2.37. The summed E-state index contributed by atoms with van der Waals surface area (Å²) in [6.07, 6.45) is 0.892. The second-order valence-corrected chi connectivity index (χ2v) is 4.60. The number of imidazole rings is 1. The van der Waals surface area contributed by atoms with E-state index in [-0.39, 0.29) is 12.5 Å². The van der Waals surface area contributed by atoms with Gasteiger partial charge in [-0.1, -0.05) is 6.92 Å². The average molecular weight is 274 g/mol. The molecule has 0 aliphatic heterocycles. The Kier molecular flexibility index (Phi) is 3.97. The van der Waals surface area contributed by atoms with Gasteiger partial charge in [-0.05, 0) is 36.8 Å². The van der Waals surface area contributed by atoms with Gasteiger partial charge in [0.1, 0.15) is 6.54 Å². The van der Waals surface area contributed by atoms with Crippen molar-refractivity contribution in [3.8, 4) is 6.07 Å². The van der Waals surface area contributed by atoms with Crippen LogP contribution >= 0.6 is 12.2 Å². The summed E-state index contributed by atoms with van der Waals surface area (Å²) in [5, 5.41) is 11.7. The van der Waals surface area contributed by atoms with E-state index in [1.807, 2.05) is 6.92 Å². The number of nitrogens with zero attached hydrogens (tertiary/aromatic N) is 2. The van der Waals surface area contributed by atoms with E-state index in [4.69, 9.17) is 17.5 Å². The lowest BCUT2D eigenvalue weighted by molar-refractivity contribution is -0.121. The zero-order chi connectivity index (χ0) is 13.8. The number of carbonyl (C=O) groups is 1. The van der Waals surface area contributed by atoms with Crippen molar-refractivity contribution in [1.29, 1.82) is 5.26 Å². The Morgan fingerprint density at radius 2 is 2.37 bits per heavy atom. The molecular weight excluding hydrogens is 260 g/mol. The van der Waals surface area contributed by atoms with Crippen LogP contribution in [-0.4, -0.2) is 22.0 Å². The minimum absolute atomic E-state index is 0.0822. The monoisotopic (exact) mass is 274 g/mol. The highest BCUT2D eigenvalue weighted by Gasteiger charge is 2.09. The van der Waals surface area contributed by atoms with E-state index in [0.717, 1.165) is 17.5 Å². The predicted octanol–water partition coefficient (Wildman–Crippen LogP) is 2.10. The molecule has 2 rings (SSSR count). The highest BCUT2D eigenvalue weighted by atomic mass is 32.1. The van der Waals surface area contributed by atoms with Gasteiger partial charge in [0.2, 0.25) is 5.91 Å². The number of rotatable bonds is 4. The van der Waals surface area contributed by atoms with E-state index in [9.17, 15) is 4.79 Å². The molecule has 1 aromatic carbocycles. The maximum Gasteiger partial charge on any atom is 0.240 e. The molecule has 0 unspecified atom stereocenters. The summed E-state index contributed by atoms with van der Waals surface area (Å²) in [6.45, 7) is 2.81. The van der Waals surface area contributed by atoms with Gasteiger partial charge >= 0.3 is 0 Å². The van der Waals surface area contributed by atoms with Gasteiger partial charge in [0.25, 0.3) is 0 Å². The Morgan fingerprint density at radius 3 is 3.05 bits per heavy atom. The third-order valence-electron chi connectivity index (χ3n) is 2.78. The van der Waals surface area contributed by atoms with Crippen molar-refractivity contribution in [3.63, 3.8) is 0 Å². The first kappa shape index (κ1) is 13.3. The molecule has 0 atom stereocenters. The van der Waals surface area contributed by atoms with Crippen molar-refractivity contribution in [3.05, 3.63) is 28.5 Å². The van der Waals surface area contributed by atoms with E-state index < -0.39 is 0 Å². The van der Waals surface area contributed by atoms with Crippen molar-refractivity contribution in [2.75, 3.05) is 6.54 Å². The van der Waals surface area contributed by atoms with Crippen molar-refractivity contribution in [2.45, 2.75) is 19.9 Å². The maximum atomic E-state index is 11.8. The van der Waals surface area contributed by atoms with Gasteiger partial charge in [0.15, 0.2) is 4.77 Å². The standard InChI is InChI=1S/C13H14N4OS/c1-2-5-15-12(18)8-17-11-6-9(7-14)3-4-10(11)16-13(17)19/h3-4,6H,2,5,8H2,1H3,(H,15,18)(H,16,19). The minimum Gasteiger partial charge on any atom is -0.355 e. The summed E-state index contributed by atoms with van der Waals surface area (Å²) in [4.78, 5) is 14.8. The molecule has 0 aliphatic carbocycles. The normalized spacial score (nSPS) is 10.3. The first-order chi connectivity index (χ1) is 9.15. The number of aromatic amines is 1. The molecule has 5 nitrogen and oxygen atoms in total. The second kappa shape index (κ2) is 5.67. The third kappa shape index (κ3) is 2.83. The Hall–Kier alpha value is -2.13. The highest BCUT2D eigenvalue weighted by molar-refractivity contribution is 7.71. The Bertz CT molecular complexity index is 707. The van der Waals surface area contributed by atoms with Gasteiger partial charge in [-0.2, -0.15) is 5.26 Å². The fourth-order valence-corrected chi connectivity index (χ4v) is 2.12. The zero-order valence-electron chi connectivity index (χ0n) is 10.6. The zero-order valence-corrected chi connectivity index (χ0v) is 11.4. The van der Waals surface area contributed by atoms with Crippen LogP contribution in [-0.2, 0) is 11.3 Å². The largest absolute Gasteiger partial charge is 0.355 e. The first-order valence-electron chi connectivity index (χ1n) is 6.05. The smallest absolute Gasteiger partial charge is 0.240 e. The van der Waals surface area contributed by atoms with E-state index >= 15 is 0 Å². The summed E-state index contributed by atoms with van der Waals surface area (Å²) in [5.74, 6) is -0.0822. The van der Waals surface area contributed by atoms with Crippen LogP contribution < -0.4 is 5.32 Å². The molecule has 0 aliphatic rings. The van der Waals surface area contributed by atoms with Crippen LogP contribution in [0.25, 0.3) is 11.0 Å². The molecule has 0 saturated carbocycles. The van der Waals surface area contributed by atoms with Crippen LogP contribution in [0.1, 0.15) is 18.9 Å². The van der Waals surface area contributed by atoms with Crippen LogP contribution in [0.15, 0.2) is 18.2 Å². The molecule has 2 N–H and O–H groups in total. The molecule has 0 fully saturated rings. The number of hydrogen-bond acceptors (Lipinski definition) is 3. The number of nitrogens with one attached hydrogen (secondary N) is 2. The molecular formula is C13H14N4OS. The van der Waals surface area contributed by atoms with Crippen LogP contribution in [0.3, 0.4) is 0 Å². The SMILES string of the molecule is CCCNC(=O)Cn1c(=S)[nH]c2ccc(C#N)cc21. The fraction of sp³-hybridized carbons (Fsp3) is 0.308. The molecule has 0 bridgehead atoms. The third-order valence-corrected chi connectivity index (χ3v) is 3.10. The maximum absolute atomic E-state index is 11.8. The summed E-state index contributed by atoms with van der Waals surface area (Å²) < 4.78 is 2.19. The number of amides is 1. The molecule has 6 heteroatoms. The van der Waals surface area contributed by atoms with Gasteiger partial charge in [0.05, 0.1) is 22.7 Å². The van der Waals surface area contributed by atoms with Crippen LogP contribution in [0, 0.1) is 16.1 Å². The highest BCUT2D eigenvalue weighted by Crippen LogP contribution is 2.15. The van der Waals surface area contributed by atoms with Gasteiger partial charge in [0, 0.05) is 6.54 Å². The molecule has 19 heavy (non-hydrogen) atoms. The summed E-state index contributed by atoms with van der Waals surface area (Å²) in [6, 6.07) is 7.33. The number of fused-ring (bicyclic) bond motifs is 1. The van der Waals surface area contributed by atoms with E-state index in [1.54, 1.807) is 22.8 Å². The average Bonchev–Trinajstić information content (AvgIpc) is 2.72. The number of benzene rings is 1. The van der Waals surface area contributed by atoms with Crippen LogP contribution in [0.5, 0.6) is 0 Å². The van der Waals surface area contributed by atoms with Gasteiger partial charge in [-0.25, -0.2) is 0 Å².